The lowest BCUT2D eigenvalue weighted by Gasteiger charge is -2.60. The number of rotatable bonds is 13. The zero-order valence-corrected chi connectivity index (χ0v) is 29.6. The number of carbonyl (C=O) groups excluding carboxylic acids is 3. The molecule has 0 spiro atoms. The molecule has 2 bridgehead atoms. The molecule has 2 aliphatic rings. The first-order chi connectivity index (χ1) is 22.0. The molecule has 2 fully saturated rings. The number of aliphatic hydroxyl groups excluding tert-OH is 1. The Labute approximate surface area is 281 Å². The first kappa shape index (κ1) is 37.5. The fourth-order valence-corrected chi connectivity index (χ4v) is 7.17. The predicted molar refractivity (Wildman–Crippen MR) is 190 cm³/mol. The molecule has 3 N–H and O–H groups in total. The lowest BCUT2D eigenvalue weighted by molar-refractivity contribution is -0.176. The molecular formula is C41H54O6. The van der Waals surface area contributed by atoms with Crippen LogP contribution in [0, 0.1) is 22.2 Å². The van der Waals surface area contributed by atoms with E-state index >= 15 is 4.79 Å². The van der Waals surface area contributed by atoms with Crippen molar-refractivity contribution < 1.29 is 29.7 Å². The van der Waals surface area contributed by atoms with Gasteiger partial charge in [-0.25, -0.2) is 0 Å². The number of phenols is 2. The van der Waals surface area contributed by atoms with Gasteiger partial charge < -0.3 is 15.3 Å². The van der Waals surface area contributed by atoms with E-state index in [1.165, 1.54) is 23.3 Å². The number of unbranched alkanes of at least 4 members (excludes halogenated alkanes) is 2. The summed E-state index contributed by atoms with van der Waals surface area (Å²) < 4.78 is 0. The van der Waals surface area contributed by atoms with Crippen LogP contribution in [0.15, 0.2) is 83.0 Å². The minimum absolute atomic E-state index is 0.0165. The van der Waals surface area contributed by atoms with Crippen LogP contribution in [0.1, 0.15) is 112 Å². The molecule has 1 aromatic carbocycles. The van der Waals surface area contributed by atoms with Gasteiger partial charge in [0.1, 0.15) is 16.7 Å². The SMILES string of the molecule is CC(C)=CCCC=CCC1CC2(CC=CCCC=C(C)C)C(=O)C(=C(O)c3ccc(O)c(O)c3)C(=O)C(CC=C(C)C)(C2=O)C1(C)C. The number of allylic oxidation sites excluding steroid dienone is 11. The van der Waals surface area contributed by atoms with Gasteiger partial charge in [0.25, 0.3) is 0 Å². The largest absolute Gasteiger partial charge is 0.506 e. The van der Waals surface area contributed by atoms with E-state index in [2.05, 4.69) is 38.2 Å². The Balaban J connectivity index is 2.25. The zero-order chi connectivity index (χ0) is 35.2. The molecule has 3 atom stereocenters. The van der Waals surface area contributed by atoms with Gasteiger partial charge in [-0.05, 0) is 122 Å². The average Bonchev–Trinajstić information content (AvgIpc) is 2.98. The van der Waals surface area contributed by atoms with Crippen LogP contribution in [0.3, 0.4) is 0 Å². The predicted octanol–water partition coefficient (Wildman–Crippen LogP) is 9.85. The van der Waals surface area contributed by atoms with E-state index in [9.17, 15) is 24.9 Å². The number of benzene rings is 1. The van der Waals surface area contributed by atoms with Gasteiger partial charge in [-0.2, -0.15) is 0 Å². The summed E-state index contributed by atoms with van der Waals surface area (Å²) in [6, 6.07) is 3.66. The summed E-state index contributed by atoms with van der Waals surface area (Å²) in [5, 5.41) is 31.7. The quantitative estimate of drug-likeness (QED) is 0.0376. The van der Waals surface area contributed by atoms with Gasteiger partial charge in [0.15, 0.2) is 28.8 Å². The first-order valence-electron chi connectivity index (χ1n) is 16.8. The minimum Gasteiger partial charge on any atom is -0.506 e. The van der Waals surface area contributed by atoms with Crippen molar-refractivity contribution in [3.63, 3.8) is 0 Å². The summed E-state index contributed by atoms with van der Waals surface area (Å²) in [4.78, 5) is 44.6. The van der Waals surface area contributed by atoms with Gasteiger partial charge in [0, 0.05) is 5.56 Å². The topological polar surface area (TPSA) is 112 Å². The van der Waals surface area contributed by atoms with E-state index in [0.29, 0.717) is 6.42 Å². The van der Waals surface area contributed by atoms with Crippen molar-refractivity contribution in [2.24, 2.45) is 22.2 Å². The van der Waals surface area contributed by atoms with Gasteiger partial charge in [-0.3, -0.25) is 14.4 Å². The van der Waals surface area contributed by atoms with Crippen LogP contribution in [0.4, 0.5) is 0 Å². The number of hydrogen-bond acceptors (Lipinski definition) is 6. The Morgan fingerprint density at radius 2 is 1.32 bits per heavy atom. The summed E-state index contributed by atoms with van der Waals surface area (Å²) in [7, 11) is 0. The molecule has 254 valence electrons. The zero-order valence-electron chi connectivity index (χ0n) is 29.6. The molecule has 0 saturated heterocycles. The fraction of sp³-hybridized carbons (Fsp3) is 0.488. The number of aromatic hydroxyl groups is 2. The molecule has 6 heteroatoms. The second-order valence-corrected chi connectivity index (χ2v) is 14.6. The summed E-state index contributed by atoms with van der Waals surface area (Å²) in [5.74, 6) is -3.37. The van der Waals surface area contributed by atoms with Crippen molar-refractivity contribution in [3.05, 3.63) is 88.6 Å². The highest BCUT2D eigenvalue weighted by atomic mass is 16.3. The van der Waals surface area contributed by atoms with Gasteiger partial charge in [-0.1, -0.05) is 73.1 Å². The van der Waals surface area contributed by atoms with Crippen LogP contribution in [-0.4, -0.2) is 32.7 Å². The number of carbonyl (C=O) groups is 3. The Morgan fingerprint density at radius 1 is 0.745 bits per heavy atom. The van der Waals surface area contributed by atoms with Crippen molar-refractivity contribution in [1.82, 2.24) is 0 Å². The Hall–Kier alpha value is -3.93. The molecule has 3 unspecified atom stereocenters. The van der Waals surface area contributed by atoms with Crippen LogP contribution in [-0.2, 0) is 14.4 Å². The van der Waals surface area contributed by atoms with Gasteiger partial charge in [0.2, 0.25) is 0 Å². The second kappa shape index (κ2) is 15.3. The first-order valence-corrected chi connectivity index (χ1v) is 16.8. The highest BCUT2D eigenvalue weighted by Crippen LogP contribution is 2.65. The summed E-state index contributed by atoms with van der Waals surface area (Å²) in [6.07, 6.45) is 18.8. The number of phenolic OH excluding ortho intramolecular Hbond substituents is 2. The van der Waals surface area contributed by atoms with Crippen molar-refractivity contribution in [2.75, 3.05) is 0 Å². The third-order valence-corrected chi connectivity index (χ3v) is 10.1. The summed E-state index contributed by atoms with van der Waals surface area (Å²) >= 11 is 0. The molecule has 0 heterocycles. The highest BCUT2D eigenvalue weighted by molar-refractivity contribution is 6.41. The maximum absolute atomic E-state index is 15.0. The molecule has 1 aromatic rings. The molecule has 0 amide bonds. The van der Waals surface area contributed by atoms with E-state index in [-0.39, 0.29) is 36.5 Å². The van der Waals surface area contributed by atoms with Crippen LogP contribution >= 0.6 is 0 Å². The molecule has 0 aliphatic heterocycles. The monoisotopic (exact) mass is 642 g/mol. The molecule has 0 radical (unpaired) electrons. The van der Waals surface area contributed by atoms with E-state index in [1.807, 2.05) is 59.8 Å². The number of Topliss-reactive ketones (excluding diaryl/α,β-unsaturated/α-hetero) is 3. The highest BCUT2D eigenvalue weighted by Gasteiger charge is 2.73. The molecular weight excluding hydrogens is 588 g/mol. The van der Waals surface area contributed by atoms with Gasteiger partial charge in [0.05, 0.1) is 5.41 Å². The molecule has 2 aliphatic carbocycles. The number of hydrogen-bond donors (Lipinski definition) is 3. The molecule has 47 heavy (non-hydrogen) atoms. The summed E-state index contributed by atoms with van der Waals surface area (Å²) in [5.41, 5.74) is -0.976. The van der Waals surface area contributed by atoms with Crippen molar-refractivity contribution >= 4 is 23.1 Å². The molecule has 2 saturated carbocycles. The standard InChI is InChI=1S/C41H54O6/c1-27(2)17-13-9-10-15-19-31-26-40(23-16-12-11-14-18-28(3)4)36(45)34(35(44)30-20-21-32(42)33(43)25-30)37(46)41(38(40)47,39(31,7)8)24-22-29(5)6/h10,12,15-18,20-22,25,31,42-44H,9,11,13-14,19,23-24,26H2,1-8H3. The van der Waals surface area contributed by atoms with Crippen LogP contribution in [0.25, 0.3) is 5.76 Å². The maximum Gasteiger partial charge on any atom is 0.184 e. The van der Waals surface area contributed by atoms with Crippen molar-refractivity contribution in [1.29, 1.82) is 0 Å². The van der Waals surface area contributed by atoms with E-state index in [4.69, 9.17) is 0 Å². The summed E-state index contributed by atoms with van der Waals surface area (Å²) in [6.45, 7) is 16.0. The Bertz CT molecular complexity index is 1550. The van der Waals surface area contributed by atoms with Crippen LogP contribution < -0.4 is 0 Å². The van der Waals surface area contributed by atoms with Gasteiger partial charge in [-0.15, -0.1) is 0 Å². The van der Waals surface area contributed by atoms with Gasteiger partial charge >= 0.3 is 0 Å². The molecule has 3 rings (SSSR count). The van der Waals surface area contributed by atoms with Crippen molar-refractivity contribution in [2.45, 2.75) is 107 Å². The number of fused-ring (bicyclic) bond motifs is 2. The van der Waals surface area contributed by atoms with E-state index < -0.39 is 50.6 Å². The van der Waals surface area contributed by atoms with E-state index in [0.717, 1.165) is 37.3 Å². The van der Waals surface area contributed by atoms with Crippen LogP contribution in [0.5, 0.6) is 11.5 Å². The minimum atomic E-state index is -1.60. The lowest BCUT2D eigenvalue weighted by atomic mass is 9.39. The molecule has 0 aromatic heterocycles. The van der Waals surface area contributed by atoms with Crippen molar-refractivity contribution in [3.8, 4) is 11.5 Å². The van der Waals surface area contributed by atoms with E-state index in [1.54, 1.807) is 0 Å². The Kier molecular flexibility index (Phi) is 12.2. The third kappa shape index (κ3) is 7.63. The maximum atomic E-state index is 15.0. The van der Waals surface area contributed by atoms with Crippen LogP contribution in [0.2, 0.25) is 0 Å². The molecule has 6 nitrogen and oxygen atoms in total. The Morgan fingerprint density at radius 3 is 1.87 bits per heavy atom. The normalized spacial score (nSPS) is 24.9. The fourth-order valence-electron chi connectivity index (χ4n) is 7.17. The number of ketones is 3. The lowest BCUT2D eigenvalue weighted by Crippen LogP contribution is -2.69. The third-order valence-electron chi connectivity index (χ3n) is 10.1. The smallest absolute Gasteiger partial charge is 0.184 e. The second-order valence-electron chi connectivity index (χ2n) is 14.6. The average molecular weight is 643 g/mol. The number of aliphatic hydroxyl groups is 1.